The number of methoxy groups -OCH3 is 1. The molecule has 0 aromatic heterocycles. The Kier molecular flexibility index (Phi) is 5.11. The molecule has 0 aliphatic rings. The van der Waals surface area contributed by atoms with Crippen LogP contribution in [0.3, 0.4) is 0 Å². The molecule has 0 aromatic rings. The number of unbranched alkanes of at least 4 members (excludes halogenated alkanes) is 1. The van der Waals surface area contributed by atoms with E-state index >= 15 is 0 Å². The monoisotopic (exact) mass is 205 g/mol. The van der Waals surface area contributed by atoms with Crippen LogP contribution in [0.15, 0.2) is 0 Å². The third-order valence-electron chi connectivity index (χ3n) is 1.07. The van der Waals surface area contributed by atoms with Crippen LogP contribution in [0.1, 0.15) is 12.8 Å². The maximum absolute atomic E-state index is 10.4. The summed E-state index contributed by atoms with van der Waals surface area (Å²) >= 11 is 0. The van der Waals surface area contributed by atoms with Gasteiger partial charge in [-0.15, -0.1) is 0 Å². The van der Waals surface area contributed by atoms with Crippen LogP contribution < -0.4 is 0 Å². The second-order valence-electron chi connectivity index (χ2n) is 2.16. The van der Waals surface area contributed by atoms with E-state index < -0.39 is 21.8 Å². The lowest BCUT2D eigenvalue weighted by Crippen LogP contribution is -2.03. The smallest absolute Gasteiger partial charge is 0.384 e. The number of carbonyl (C=O) groups is 1. The molecule has 0 aliphatic heterocycles. The molecule has 13 heavy (non-hydrogen) atoms. The normalized spacial score (nSPS) is 10.0. The molecule has 0 amide bonds. The average molecular weight is 205 g/mol. The molecule has 74 valence electrons. The van der Waals surface area contributed by atoms with Gasteiger partial charge < -0.3 is 9.29 Å². The topological polar surface area (TPSA) is 83.5 Å². The van der Waals surface area contributed by atoms with Crippen molar-refractivity contribution in [2.75, 3.05) is 12.9 Å². The summed E-state index contributed by atoms with van der Waals surface area (Å²) in [6.07, 6.45) is 0.326. The van der Waals surface area contributed by atoms with Gasteiger partial charge in [-0.25, -0.2) is 13.2 Å². The summed E-state index contributed by atoms with van der Waals surface area (Å²) in [6, 6.07) is 0. The minimum Gasteiger partial charge on any atom is -0.748 e. The van der Waals surface area contributed by atoms with E-state index in [-0.39, 0.29) is 12.8 Å². The maximum atomic E-state index is 10.4. The summed E-state index contributed by atoms with van der Waals surface area (Å²) in [7, 11) is -2.97. The van der Waals surface area contributed by atoms with Crippen molar-refractivity contribution in [3.8, 4) is 11.8 Å². The predicted octanol–water partition coefficient (Wildman–Crippen LogP) is -0.512. The Labute approximate surface area is 76.8 Å². The van der Waals surface area contributed by atoms with Gasteiger partial charge in [0, 0.05) is 18.1 Å². The summed E-state index contributed by atoms with van der Waals surface area (Å²) in [6.45, 7) is 0. The first kappa shape index (κ1) is 11.9. The Morgan fingerprint density at radius 2 is 2.15 bits per heavy atom. The van der Waals surface area contributed by atoms with E-state index in [1.807, 2.05) is 0 Å². The molecule has 0 saturated heterocycles. The summed E-state index contributed by atoms with van der Waals surface area (Å²) in [5.41, 5.74) is 0. The van der Waals surface area contributed by atoms with Crippen LogP contribution in [-0.4, -0.2) is 31.8 Å². The molecular formula is C7H9O5S-. The number of esters is 1. The quantitative estimate of drug-likeness (QED) is 0.204. The van der Waals surface area contributed by atoms with Gasteiger partial charge in [0.25, 0.3) is 0 Å². The fraction of sp³-hybridized carbons (Fsp3) is 0.571. The van der Waals surface area contributed by atoms with Gasteiger partial charge in [-0.2, -0.15) is 0 Å². The van der Waals surface area contributed by atoms with Crippen LogP contribution >= 0.6 is 0 Å². The molecule has 0 aromatic carbocycles. The lowest BCUT2D eigenvalue weighted by Gasteiger charge is -2.02. The lowest BCUT2D eigenvalue weighted by molar-refractivity contribution is -0.133. The SMILES string of the molecule is COC(=O)C#CCCCS(=O)(=O)[O-]. The Bertz CT molecular complexity index is 319. The third kappa shape index (κ3) is 8.85. The highest BCUT2D eigenvalue weighted by molar-refractivity contribution is 7.85. The molecule has 6 heteroatoms. The van der Waals surface area contributed by atoms with Gasteiger partial charge in [-0.3, -0.25) is 0 Å². The van der Waals surface area contributed by atoms with Crippen molar-refractivity contribution in [2.45, 2.75) is 12.8 Å². The second kappa shape index (κ2) is 5.56. The zero-order valence-electron chi connectivity index (χ0n) is 7.07. The van der Waals surface area contributed by atoms with E-state index in [0.717, 1.165) is 0 Å². The molecule has 5 nitrogen and oxygen atoms in total. The summed E-state index contributed by atoms with van der Waals surface area (Å²) < 4.78 is 34.5. The van der Waals surface area contributed by atoms with E-state index in [2.05, 4.69) is 16.6 Å². The van der Waals surface area contributed by atoms with E-state index in [1.165, 1.54) is 7.11 Å². The Morgan fingerprint density at radius 3 is 2.62 bits per heavy atom. The van der Waals surface area contributed by atoms with E-state index in [0.29, 0.717) is 0 Å². The van der Waals surface area contributed by atoms with E-state index in [1.54, 1.807) is 0 Å². The first-order valence-electron chi connectivity index (χ1n) is 3.46. The maximum Gasteiger partial charge on any atom is 0.384 e. The number of hydrogen-bond donors (Lipinski definition) is 0. The fourth-order valence-corrected chi connectivity index (χ4v) is 1.02. The van der Waals surface area contributed by atoms with Crippen LogP contribution in [0.2, 0.25) is 0 Å². The first-order valence-corrected chi connectivity index (χ1v) is 5.04. The fourth-order valence-electron chi connectivity index (χ4n) is 0.523. The van der Waals surface area contributed by atoms with Crippen LogP contribution in [0.5, 0.6) is 0 Å². The van der Waals surface area contributed by atoms with Crippen molar-refractivity contribution in [1.82, 2.24) is 0 Å². The third-order valence-corrected chi connectivity index (χ3v) is 1.86. The van der Waals surface area contributed by atoms with Crippen LogP contribution in [-0.2, 0) is 19.6 Å². The van der Waals surface area contributed by atoms with Crippen molar-refractivity contribution in [3.05, 3.63) is 0 Å². The number of ether oxygens (including phenoxy) is 1. The molecule has 0 spiro atoms. The minimum atomic E-state index is -4.16. The van der Waals surface area contributed by atoms with Crippen molar-refractivity contribution < 1.29 is 22.5 Å². The van der Waals surface area contributed by atoms with Crippen molar-refractivity contribution >= 4 is 16.1 Å². The summed E-state index contributed by atoms with van der Waals surface area (Å²) in [5, 5.41) is 0. The van der Waals surface area contributed by atoms with Crippen LogP contribution in [0.25, 0.3) is 0 Å². The molecule has 0 rings (SSSR count). The molecule has 0 saturated carbocycles. The van der Waals surface area contributed by atoms with Gasteiger partial charge in [0.05, 0.1) is 17.2 Å². The van der Waals surface area contributed by atoms with Gasteiger partial charge in [-0.1, -0.05) is 5.92 Å². The molecule has 0 atom stereocenters. The van der Waals surface area contributed by atoms with E-state index in [9.17, 15) is 17.8 Å². The largest absolute Gasteiger partial charge is 0.748 e. The first-order chi connectivity index (χ1) is 5.95. The molecule has 0 fully saturated rings. The van der Waals surface area contributed by atoms with E-state index in [4.69, 9.17) is 0 Å². The molecule has 0 aliphatic carbocycles. The molecule has 0 unspecified atom stereocenters. The summed E-state index contributed by atoms with van der Waals surface area (Å²) in [5.74, 6) is 3.36. The predicted molar refractivity (Wildman–Crippen MR) is 43.6 cm³/mol. The van der Waals surface area contributed by atoms with Crippen molar-refractivity contribution in [3.63, 3.8) is 0 Å². The zero-order valence-corrected chi connectivity index (χ0v) is 7.89. The van der Waals surface area contributed by atoms with Gasteiger partial charge in [0.15, 0.2) is 0 Å². The van der Waals surface area contributed by atoms with Gasteiger partial charge in [-0.05, 0) is 6.42 Å². The lowest BCUT2D eigenvalue weighted by atomic mass is 10.3. The number of carbonyl (C=O) groups excluding carboxylic acids is 1. The summed E-state index contributed by atoms with van der Waals surface area (Å²) in [4.78, 5) is 10.4. The molecule has 0 heterocycles. The molecule has 0 bridgehead atoms. The highest BCUT2D eigenvalue weighted by atomic mass is 32.2. The van der Waals surface area contributed by atoms with Gasteiger partial charge in [0.1, 0.15) is 0 Å². The van der Waals surface area contributed by atoms with Crippen LogP contribution in [0, 0.1) is 11.8 Å². The average Bonchev–Trinajstić information content (AvgIpc) is 2.01. The van der Waals surface area contributed by atoms with Crippen molar-refractivity contribution in [2.24, 2.45) is 0 Å². The van der Waals surface area contributed by atoms with Crippen molar-refractivity contribution in [1.29, 1.82) is 0 Å². The Morgan fingerprint density at radius 1 is 1.54 bits per heavy atom. The van der Waals surface area contributed by atoms with Gasteiger partial charge >= 0.3 is 5.97 Å². The van der Waals surface area contributed by atoms with Gasteiger partial charge in [0.2, 0.25) is 0 Å². The number of hydrogen-bond acceptors (Lipinski definition) is 5. The Hall–Kier alpha value is -1.06. The standard InChI is InChI=1S/C7H10O5S/c1-12-7(8)5-3-2-4-6-13(9,10)11/h2,4,6H2,1H3,(H,9,10,11)/p-1. The van der Waals surface area contributed by atoms with Crippen LogP contribution in [0.4, 0.5) is 0 Å². The highest BCUT2D eigenvalue weighted by Crippen LogP contribution is 1.91. The molecule has 0 radical (unpaired) electrons. The molecular weight excluding hydrogens is 196 g/mol. The second-order valence-corrected chi connectivity index (χ2v) is 3.68. The highest BCUT2D eigenvalue weighted by Gasteiger charge is 1.93. The zero-order chi connectivity index (χ0) is 10.3. The Balaban J connectivity index is 3.67. The molecule has 0 N–H and O–H groups in total. The number of rotatable bonds is 3. The minimum absolute atomic E-state index is 0.135.